The van der Waals surface area contributed by atoms with E-state index in [4.69, 9.17) is 0 Å². The molecule has 4 nitrogen and oxygen atoms in total. The van der Waals surface area contributed by atoms with E-state index in [0.717, 1.165) is 37.4 Å². The van der Waals surface area contributed by atoms with E-state index in [1.165, 1.54) is 38.2 Å². The van der Waals surface area contributed by atoms with Crippen LogP contribution in [0.15, 0.2) is 4.99 Å². The number of aliphatic imine (C=N–C) groups is 1. The third kappa shape index (κ3) is 7.28. The Morgan fingerprint density at radius 1 is 1.33 bits per heavy atom. The number of thioether (sulfide) groups is 1. The molecular weight excluding hydrogens is 431 g/mol. The van der Waals surface area contributed by atoms with Crippen molar-refractivity contribution >= 4 is 41.7 Å². The van der Waals surface area contributed by atoms with Crippen LogP contribution in [0.4, 0.5) is 0 Å². The number of piperidine rings is 1. The van der Waals surface area contributed by atoms with E-state index in [-0.39, 0.29) is 24.0 Å². The Balaban J connectivity index is 0.00000288. The molecule has 142 valence electrons. The summed E-state index contributed by atoms with van der Waals surface area (Å²) in [5.41, 5.74) is 0. The highest BCUT2D eigenvalue weighted by Gasteiger charge is 2.29. The lowest BCUT2D eigenvalue weighted by molar-refractivity contribution is 0.159. The lowest BCUT2D eigenvalue weighted by Gasteiger charge is -2.40. The number of rotatable bonds is 4. The first-order valence-corrected chi connectivity index (χ1v) is 10.2. The third-order valence-electron chi connectivity index (χ3n) is 4.71. The summed E-state index contributed by atoms with van der Waals surface area (Å²) in [4.78, 5) is 9.62. The van der Waals surface area contributed by atoms with Crippen LogP contribution in [0.1, 0.15) is 40.5 Å². The van der Waals surface area contributed by atoms with Gasteiger partial charge in [-0.15, -0.1) is 24.0 Å². The minimum absolute atomic E-state index is 0. The topological polar surface area (TPSA) is 30.9 Å². The maximum atomic E-state index is 4.54. The second-order valence-electron chi connectivity index (χ2n) is 8.12. The minimum Gasteiger partial charge on any atom is -0.356 e. The normalized spacial score (nSPS) is 25.5. The van der Waals surface area contributed by atoms with Gasteiger partial charge in [0.05, 0.1) is 0 Å². The molecule has 2 saturated heterocycles. The first kappa shape index (κ1) is 22.4. The van der Waals surface area contributed by atoms with E-state index >= 15 is 0 Å². The van der Waals surface area contributed by atoms with Crippen LogP contribution in [-0.2, 0) is 0 Å². The molecule has 0 bridgehead atoms. The molecule has 0 aromatic heterocycles. The Bertz CT molecular complexity index is 400. The average Bonchev–Trinajstić information content (AvgIpc) is 2.46. The van der Waals surface area contributed by atoms with Crippen molar-refractivity contribution in [2.75, 3.05) is 52.1 Å². The third-order valence-corrected chi connectivity index (χ3v) is 6.01. The summed E-state index contributed by atoms with van der Waals surface area (Å²) in [6, 6.07) is 0. The number of likely N-dealkylation sites (tertiary alicyclic amines) is 1. The highest BCUT2D eigenvalue weighted by molar-refractivity contribution is 14.0. The predicted molar refractivity (Wildman–Crippen MR) is 119 cm³/mol. The van der Waals surface area contributed by atoms with Gasteiger partial charge in [-0.1, -0.05) is 13.8 Å². The number of guanidine groups is 1. The fraction of sp³-hybridized carbons (Fsp3) is 0.944. The molecular formula is C18H37IN4S. The smallest absolute Gasteiger partial charge is 0.193 e. The lowest BCUT2D eigenvalue weighted by atomic mass is 9.97. The zero-order valence-corrected chi connectivity index (χ0v) is 19.3. The Hall–Kier alpha value is 0.310. The lowest BCUT2D eigenvalue weighted by Crippen LogP contribution is -2.52. The van der Waals surface area contributed by atoms with Crippen molar-refractivity contribution in [1.29, 1.82) is 0 Å². The highest BCUT2D eigenvalue weighted by Crippen LogP contribution is 2.29. The van der Waals surface area contributed by atoms with Crippen molar-refractivity contribution in [3.8, 4) is 0 Å². The zero-order valence-electron chi connectivity index (χ0n) is 16.2. The van der Waals surface area contributed by atoms with Crippen LogP contribution in [0.5, 0.6) is 0 Å². The molecule has 1 atom stereocenters. The molecule has 1 unspecified atom stereocenters. The van der Waals surface area contributed by atoms with Gasteiger partial charge in [-0.05, 0) is 45.1 Å². The summed E-state index contributed by atoms with van der Waals surface area (Å²) >= 11 is 2.07. The van der Waals surface area contributed by atoms with Crippen LogP contribution in [-0.4, -0.2) is 72.6 Å². The first-order valence-electron chi connectivity index (χ1n) is 9.21. The molecule has 1 N–H and O–H groups in total. The molecule has 2 heterocycles. The van der Waals surface area contributed by atoms with Crippen molar-refractivity contribution in [2.45, 2.75) is 45.3 Å². The largest absolute Gasteiger partial charge is 0.356 e. The van der Waals surface area contributed by atoms with Crippen molar-refractivity contribution in [3.63, 3.8) is 0 Å². The summed E-state index contributed by atoms with van der Waals surface area (Å²) in [6.07, 6.45) is 2.69. The summed E-state index contributed by atoms with van der Waals surface area (Å²) in [6.45, 7) is 16.3. The highest BCUT2D eigenvalue weighted by atomic mass is 127. The van der Waals surface area contributed by atoms with Gasteiger partial charge in [0.2, 0.25) is 0 Å². The van der Waals surface area contributed by atoms with Gasteiger partial charge in [0.15, 0.2) is 5.96 Å². The van der Waals surface area contributed by atoms with Gasteiger partial charge in [0.1, 0.15) is 0 Å². The SMILES string of the molecule is CN=C(NCC1CCCN(CC(C)C)C1)N1CCSC(C)(C)C1.I. The molecule has 6 heteroatoms. The predicted octanol–water partition coefficient (Wildman–Crippen LogP) is 3.38. The molecule has 2 aliphatic rings. The Morgan fingerprint density at radius 2 is 2.08 bits per heavy atom. The van der Waals surface area contributed by atoms with Crippen LogP contribution < -0.4 is 5.32 Å². The fourth-order valence-electron chi connectivity index (χ4n) is 3.77. The maximum absolute atomic E-state index is 4.54. The van der Waals surface area contributed by atoms with E-state index < -0.39 is 0 Å². The maximum Gasteiger partial charge on any atom is 0.193 e. The van der Waals surface area contributed by atoms with E-state index in [2.05, 4.69) is 59.6 Å². The molecule has 2 fully saturated rings. The monoisotopic (exact) mass is 468 g/mol. The Labute approximate surface area is 170 Å². The van der Waals surface area contributed by atoms with Gasteiger partial charge in [-0.25, -0.2) is 0 Å². The number of nitrogens with one attached hydrogen (secondary N) is 1. The summed E-state index contributed by atoms with van der Waals surface area (Å²) in [5, 5.41) is 3.66. The van der Waals surface area contributed by atoms with Crippen molar-refractivity contribution in [1.82, 2.24) is 15.1 Å². The first-order chi connectivity index (χ1) is 10.9. The van der Waals surface area contributed by atoms with E-state index in [1.807, 2.05) is 7.05 Å². The minimum atomic E-state index is 0. The van der Waals surface area contributed by atoms with Gasteiger partial charge in [-0.3, -0.25) is 4.99 Å². The van der Waals surface area contributed by atoms with E-state index in [9.17, 15) is 0 Å². The number of hydrogen-bond donors (Lipinski definition) is 1. The van der Waals surface area contributed by atoms with Crippen LogP contribution in [0.25, 0.3) is 0 Å². The summed E-state index contributed by atoms with van der Waals surface area (Å²) in [5.74, 6) is 3.81. The number of halogens is 1. The van der Waals surface area contributed by atoms with Gasteiger partial charge < -0.3 is 15.1 Å². The molecule has 2 aliphatic heterocycles. The van der Waals surface area contributed by atoms with Gasteiger partial charge in [0.25, 0.3) is 0 Å². The molecule has 0 aliphatic carbocycles. The quantitative estimate of drug-likeness (QED) is 0.390. The van der Waals surface area contributed by atoms with Crippen LogP contribution in [0.2, 0.25) is 0 Å². The fourth-order valence-corrected chi connectivity index (χ4v) is 4.88. The van der Waals surface area contributed by atoms with Gasteiger partial charge in [0, 0.05) is 50.3 Å². The van der Waals surface area contributed by atoms with Crippen LogP contribution in [0.3, 0.4) is 0 Å². The number of hydrogen-bond acceptors (Lipinski definition) is 3. The average molecular weight is 468 g/mol. The van der Waals surface area contributed by atoms with Crippen molar-refractivity contribution < 1.29 is 0 Å². The van der Waals surface area contributed by atoms with E-state index in [0.29, 0.717) is 4.75 Å². The van der Waals surface area contributed by atoms with Gasteiger partial charge in [-0.2, -0.15) is 11.8 Å². The Morgan fingerprint density at radius 3 is 2.71 bits per heavy atom. The molecule has 2 rings (SSSR count). The molecule has 0 spiro atoms. The molecule has 0 saturated carbocycles. The molecule has 0 aromatic carbocycles. The number of nitrogens with zero attached hydrogens (tertiary/aromatic N) is 3. The molecule has 0 radical (unpaired) electrons. The standard InChI is InChI=1S/C18H36N4S.HI/c1-15(2)12-21-8-6-7-16(13-21)11-20-17(19-5)22-9-10-23-18(3,4)14-22;/h15-16H,6-14H2,1-5H3,(H,19,20);1H. The van der Waals surface area contributed by atoms with Crippen LogP contribution >= 0.6 is 35.7 Å². The second kappa shape index (κ2) is 10.5. The summed E-state index contributed by atoms with van der Waals surface area (Å²) in [7, 11) is 1.92. The van der Waals surface area contributed by atoms with E-state index in [1.54, 1.807) is 0 Å². The second-order valence-corrected chi connectivity index (χ2v) is 9.92. The molecule has 0 aromatic rings. The zero-order chi connectivity index (χ0) is 16.9. The molecule has 24 heavy (non-hydrogen) atoms. The van der Waals surface area contributed by atoms with Gasteiger partial charge >= 0.3 is 0 Å². The van der Waals surface area contributed by atoms with Crippen LogP contribution in [0, 0.1) is 11.8 Å². The summed E-state index contributed by atoms with van der Waals surface area (Å²) < 4.78 is 0.328. The Kier molecular flexibility index (Phi) is 9.74. The molecule has 0 amide bonds. The van der Waals surface area contributed by atoms with Crippen molar-refractivity contribution in [3.05, 3.63) is 0 Å². The van der Waals surface area contributed by atoms with Crippen molar-refractivity contribution in [2.24, 2.45) is 16.8 Å².